The lowest BCUT2D eigenvalue weighted by Gasteiger charge is -2.31. The zero-order valence-electron chi connectivity index (χ0n) is 16.7. The molecule has 0 atom stereocenters. The van der Waals surface area contributed by atoms with Crippen LogP contribution in [0.15, 0.2) is 24.3 Å². The number of hydrogen-bond acceptors (Lipinski definition) is 5. The minimum absolute atomic E-state index is 0. The van der Waals surface area contributed by atoms with Gasteiger partial charge in [-0.1, -0.05) is 26.0 Å². The molecule has 2 aromatic rings. The molecule has 0 bridgehead atoms. The zero-order valence-corrected chi connectivity index (χ0v) is 19.2. The van der Waals surface area contributed by atoms with Crippen LogP contribution in [-0.4, -0.2) is 55.1 Å². The van der Waals surface area contributed by atoms with Crippen molar-refractivity contribution in [2.24, 2.45) is 5.41 Å². The van der Waals surface area contributed by atoms with Crippen molar-refractivity contribution in [2.75, 3.05) is 39.3 Å². The Morgan fingerprint density at radius 3 is 2.54 bits per heavy atom. The largest absolute Gasteiger partial charge is 0.354 e. The number of para-hydroxylation sites is 1. The van der Waals surface area contributed by atoms with Crippen molar-refractivity contribution < 1.29 is 4.79 Å². The number of nitrogens with one attached hydrogen (secondary N) is 2. The van der Waals surface area contributed by atoms with Crippen LogP contribution < -0.4 is 10.6 Å². The summed E-state index contributed by atoms with van der Waals surface area (Å²) in [6.07, 6.45) is 2.39. The molecule has 1 aromatic heterocycles. The number of carbonyl (C=O) groups excluding carboxylic acids is 1. The lowest BCUT2D eigenvalue weighted by atomic mass is 9.78. The molecule has 1 saturated heterocycles. The van der Waals surface area contributed by atoms with Gasteiger partial charge in [-0.15, -0.1) is 36.2 Å². The van der Waals surface area contributed by atoms with Crippen LogP contribution >= 0.6 is 36.2 Å². The molecule has 0 unspecified atom stereocenters. The lowest BCUT2D eigenvalue weighted by Crippen LogP contribution is -2.48. The standard InChI is InChI=1S/C20H30N4OS.2ClH/c1-3-20(4-2,15-18-23-16-7-5-6-8-17(16)26-18)19(25)22-11-14-24-12-9-21-10-13-24;;/h5-8,21H,3-4,9-15H2,1-2H3,(H,22,25);2*1H. The second-order valence-corrected chi connectivity index (χ2v) is 8.20. The van der Waals surface area contributed by atoms with Gasteiger partial charge in [0.25, 0.3) is 0 Å². The van der Waals surface area contributed by atoms with Crippen LogP contribution in [0.1, 0.15) is 31.7 Å². The molecular formula is C20H32Cl2N4OS. The Morgan fingerprint density at radius 1 is 1.21 bits per heavy atom. The molecule has 3 rings (SSSR count). The first-order chi connectivity index (χ1) is 12.7. The van der Waals surface area contributed by atoms with Crippen LogP contribution in [0.2, 0.25) is 0 Å². The number of aromatic nitrogens is 1. The Balaban J connectivity index is 0.00000196. The Labute approximate surface area is 184 Å². The maximum Gasteiger partial charge on any atom is 0.226 e. The first-order valence-corrected chi connectivity index (χ1v) is 10.5. The number of rotatable bonds is 8. The molecule has 2 N–H and O–H groups in total. The van der Waals surface area contributed by atoms with Crippen LogP contribution in [0, 0.1) is 5.41 Å². The van der Waals surface area contributed by atoms with Gasteiger partial charge >= 0.3 is 0 Å². The van der Waals surface area contributed by atoms with Crippen molar-refractivity contribution in [1.29, 1.82) is 0 Å². The van der Waals surface area contributed by atoms with Crippen molar-refractivity contribution in [3.8, 4) is 0 Å². The Hall–Kier alpha value is -0.920. The van der Waals surface area contributed by atoms with E-state index in [0.717, 1.165) is 69.1 Å². The normalized spacial score (nSPS) is 14.9. The van der Waals surface area contributed by atoms with Gasteiger partial charge in [-0.25, -0.2) is 4.98 Å². The van der Waals surface area contributed by atoms with E-state index in [1.165, 1.54) is 4.70 Å². The van der Waals surface area contributed by atoms with Crippen LogP contribution in [-0.2, 0) is 11.2 Å². The average Bonchev–Trinajstić information content (AvgIpc) is 3.09. The fraction of sp³-hybridized carbons (Fsp3) is 0.600. The number of halogens is 2. The first-order valence-electron chi connectivity index (χ1n) is 9.72. The number of amides is 1. The summed E-state index contributed by atoms with van der Waals surface area (Å²) in [7, 11) is 0. The van der Waals surface area contributed by atoms with Gasteiger partial charge < -0.3 is 10.6 Å². The van der Waals surface area contributed by atoms with E-state index in [1.54, 1.807) is 11.3 Å². The fourth-order valence-corrected chi connectivity index (χ4v) is 4.75. The maximum atomic E-state index is 13.0. The number of piperazine rings is 1. The predicted octanol–water partition coefficient (Wildman–Crippen LogP) is 3.51. The van der Waals surface area contributed by atoms with Gasteiger partial charge in [-0.3, -0.25) is 9.69 Å². The smallest absolute Gasteiger partial charge is 0.226 e. The number of carbonyl (C=O) groups is 1. The predicted molar refractivity (Wildman–Crippen MR) is 123 cm³/mol. The molecule has 1 aromatic carbocycles. The molecule has 0 spiro atoms. The topological polar surface area (TPSA) is 57.3 Å². The molecule has 1 aliphatic rings. The van der Waals surface area contributed by atoms with Gasteiger partial charge in [-0.2, -0.15) is 0 Å². The summed E-state index contributed by atoms with van der Waals surface area (Å²) < 4.78 is 1.20. The van der Waals surface area contributed by atoms with E-state index in [2.05, 4.69) is 35.4 Å². The fourth-order valence-electron chi connectivity index (χ4n) is 3.64. The zero-order chi connectivity index (χ0) is 18.4. The van der Waals surface area contributed by atoms with Crippen molar-refractivity contribution >= 4 is 52.3 Å². The Morgan fingerprint density at radius 2 is 1.89 bits per heavy atom. The number of hydrogen-bond donors (Lipinski definition) is 2. The van der Waals surface area contributed by atoms with Gasteiger partial charge in [0.2, 0.25) is 5.91 Å². The van der Waals surface area contributed by atoms with E-state index in [0.29, 0.717) is 0 Å². The highest BCUT2D eigenvalue weighted by atomic mass is 35.5. The van der Waals surface area contributed by atoms with Gasteiger partial charge in [0.1, 0.15) is 0 Å². The highest BCUT2D eigenvalue weighted by molar-refractivity contribution is 7.18. The molecule has 0 radical (unpaired) electrons. The summed E-state index contributed by atoms with van der Waals surface area (Å²) in [5, 5.41) is 7.62. The number of thiazole rings is 1. The molecule has 0 aliphatic carbocycles. The van der Waals surface area contributed by atoms with Gasteiger partial charge in [0, 0.05) is 45.7 Å². The minimum Gasteiger partial charge on any atom is -0.354 e. The second kappa shape index (κ2) is 11.9. The SMILES string of the molecule is CCC(CC)(Cc1nc2ccccc2s1)C(=O)NCCN1CCNCC1.Cl.Cl. The molecule has 5 nitrogen and oxygen atoms in total. The van der Waals surface area contributed by atoms with Crippen LogP contribution in [0.4, 0.5) is 0 Å². The van der Waals surface area contributed by atoms with Gasteiger partial charge in [0.15, 0.2) is 0 Å². The second-order valence-electron chi connectivity index (χ2n) is 7.09. The van der Waals surface area contributed by atoms with Crippen molar-refractivity contribution in [1.82, 2.24) is 20.5 Å². The molecule has 2 heterocycles. The minimum atomic E-state index is -0.364. The number of nitrogens with zero attached hydrogens (tertiary/aromatic N) is 2. The monoisotopic (exact) mass is 446 g/mol. The summed E-state index contributed by atoms with van der Waals surface area (Å²) in [5.41, 5.74) is 0.671. The highest BCUT2D eigenvalue weighted by Gasteiger charge is 2.36. The van der Waals surface area contributed by atoms with Crippen LogP contribution in [0.3, 0.4) is 0 Å². The third-order valence-electron chi connectivity index (χ3n) is 5.59. The Bertz CT molecular complexity index is 697. The summed E-state index contributed by atoms with van der Waals surface area (Å²) in [6.45, 7) is 10.1. The highest BCUT2D eigenvalue weighted by Crippen LogP contribution is 2.34. The summed E-state index contributed by atoms with van der Waals surface area (Å²) in [4.78, 5) is 20.2. The summed E-state index contributed by atoms with van der Waals surface area (Å²) in [6, 6.07) is 8.20. The van der Waals surface area contributed by atoms with E-state index in [9.17, 15) is 4.79 Å². The molecule has 1 fully saturated rings. The van der Waals surface area contributed by atoms with Crippen molar-refractivity contribution in [2.45, 2.75) is 33.1 Å². The molecule has 1 aliphatic heterocycles. The maximum absolute atomic E-state index is 13.0. The Kier molecular flexibility index (Phi) is 10.7. The third-order valence-corrected chi connectivity index (χ3v) is 6.62. The van der Waals surface area contributed by atoms with E-state index in [1.807, 2.05) is 18.2 Å². The molecular weight excluding hydrogens is 415 g/mol. The number of fused-ring (bicyclic) bond motifs is 1. The van der Waals surface area contributed by atoms with Crippen molar-refractivity contribution in [3.63, 3.8) is 0 Å². The molecule has 0 saturated carbocycles. The molecule has 1 amide bonds. The van der Waals surface area contributed by atoms with Gasteiger partial charge in [-0.05, 0) is 25.0 Å². The van der Waals surface area contributed by atoms with E-state index < -0.39 is 0 Å². The lowest BCUT2D eigenvalue weighted by molar-refractivity contribution is -0.131. The number of benzene rings is 1. The van der Waals surface area contributed by atoms with Crippen LogP contribution in [0.5, 0.6) is 0 Å². The van der Waals surface area contributed by atoms with Crippen LogP contribution in [0.25, 0.3) is 10.2 Å². The molecule has 28 heavy (non-hydrogen) atoms. The van der Waals surface area contributed by atoms with E-state index in [4.69, 9.17) is 4.98 Å². The van der Waals surface area contributed by atoms with Crippen molar-refractivity contribution in [3.05, 3.63) is 29.3 Å². The average molecular weight is 447 g/mol. The molecule has 8 heteroatoms. The first kappa shape index (κ1) is 25.1. The van der Waals surface area contributed by atoms with E-state index >= 15 is 0 Å². The van der Waals surface area contributed by atoms with Gasteiger partial charge in [0.05, 0.1) is 20.6 Å². The third kappa shape index (κ3) is 6.04. The quantitative estimate of drug-likeness (QED) is 0.650. The molecule has 158 valence electrons. The summed E-state index contributed by atoms with van der Waals surface area (Å²) >= 11 is 1.71. The van der Waals surface area contributed by atoms with E-state index in [-0.39, 0.29) is 36.1 Å². The summed E-state index contributed by atoms with van der Waals surface area (Å²) in [5.74, 6) is 0.178.